The number of pyridine rings is 1. The standard InChI is InChI=1S/C23H17NOS2/c25-18-8-3-6-15-17-14-23(19-9-4-12-26-19,20-10-5-13-27-20)22(21(15)18)16-7-1-2-11-24(16)17/h1-13,17,22H,14H2/p+1/t17-,22-/m0/s1. The molecule has 0 radical (unpaired) electrons. The summed E-state index contributed by atoms with van der Waals surface area (Å²) in [5, 5.41) is 15.3. The molecule has 27 heavy (non-hydrogen) atoms. The number of phenolic OH excluding ortho intramolecular Hbond substituents is 1. The molecule has 0 unspecified atom stereocenters. The van der Waals surface area contributed by atoms with Crippen LogP contribution in [-0.2, 0) is 5.41 Å². The van der Waals surface area contributed by atoms with E-state index in [9.17, 15) is 5.11 Å². The number of hydrogen-bond donors (Lipinski definition) is 1. The zero-order chi connectivity index (χ0) is 18.0. The zero-order valence-corrected chi connectivity index (χ0v) is 16.2. The van der Waals surface area contributed by atoms with Gasteiger partial charge in [-0.2, -0.15) is 4.57 Å². The van der Waals surface area contributed by atoms with Gasteiger partial charge in [-0.3, -0.25) is 0 Å². The fourth-order valence-electron chi connectivity index (χ4n) is 5.27. The van der Waals surface area contributed by atoms with E-state index in [1.807, 2.05) is 34.8 Å². The van der Waals surface area contributed by atoms with Crippen molar-refractivity contribution in [3.8, 4) is 5.75 Å². The lowest BCUT2D eigenvalue weighted by Crippen LogP contribution is -2.59. The van der Waals surface area contributed by atoms with Crippen molar-refractivity contribution in [2.45, 2.75) is 23.8 Å². The van der Waals surface area contributed by atoms with Crippen molar-refractivity contribution in [2.75, 3.05) is 0 Å². The Balaban J connectivity index is 1.75. The summed E-state index contributed by atoms with van der Waals surface area (Å²) in [5.74, 6) is 0.534. The van der Waals surface area contributed by atoms with Crippen molar-refractivity contribution in [3.05, 3.63) is 104 Å². The van der Waals surface area contributed by atoms with Crippen molar-refractivity contribution in [2.24, 2.45) is 0 Å². The van der Waals surface area contributed by atoms with Gasteiger partial charge in [0.15, 0.2) is 17.9 Å². The maximum atomic E-state index is 10.9. The SMILES string of the molecule is Oc1cccc2c1[C@@H]1c3cccc[n+]3[C@H]2CC1(c1cccs1)c1cccs1. The van der Waals surface area contributed by atoms with Crippen molar-refractivity contribution < 1.29 is 9.67 Å². The van der Waals surface area contributed by atoms with Crippen LogP contribution in [0.5, 0.6) is 5.75 Å². The predicted molar refractivity (Wildman–Crippen MR) is 109 cm³/mol. The minimum atomic E-state index is -0.125. The molecule has 0 amide bonds. The predicted octanol–water partition coefficient (Wildman–Crippen LogP) is 5.23. The van der Waals surface area contributed by atoms with Crippen LogP contribution in [0.3, 0.4) is 0 Å². The second kappa shape index (κ2) is 5.54. The fourth-order valence-corrected chi connectivity index (χ4v) is 7.30. The number of aromatic nitrogens is 1. The van der Waals surface area contributed by atoms with E-state index in [4.69, 9.17) is 0 Å². The fraction of sp³-hybridized carbons (Fsp3) is 0.174. The van der Waals surface area contributed by atoms with E-state index in [0.29, 0.717) is 5.75 Å². The Morgan fingerprint density at radius 1 is 0.889 bits per heavy atom. The van der Waals surface area contributed by atoms with Crippen molar-refractivity contribution in [1.29, 1.82) is 0 Å². The molecule has 5 heterocycles. The van der Waals surface area contributed by atoms with Crippen LogP contribution in [0.25, 0.3) is 0 Å². The zero-order valence-electron chi connectivity index (χ0n) is 14.6. The van der Waals surface area contributed by atoms with Crippen LogP contribution < -0.4 is 4.57 Å². The Hall–Kier alpha value is -2.43. The van der Waals surface area contributed by atoms with E-state index in [1.54, 1.807) is 0 Å². The largest absolute Gasteiger partial charge is 0.508 e. The number of rotatable bonds is 2. The second-order valence-corrected chi connectivity index (χ2v) is 9.29. The molecular formula is C23H18NOS2+. The number of fused-ring (bicyclic) bond motifs is 1. The Kier molecular flexibility index (Phi) is 3.20. The molecule has 7 rings (SSSR count). The van der Waals surface area contributed by atoms with Crippen LogP contribution in [0.1, 0.15) is 45.0 Å². The molecule has 0 saturated heterocycles. The van der Waals surface area contributed by atoms with Crippen LogP contribution in [0.4, 0.5) is 0 Å². The molecule has 2 nitrogen and oxygen atoms in total. The maximum absolute atomic E-state index is 10.9. The number of nitrogens with zero attached hydrogens (tertiary/aromatic N) is 1. The molecule has 132 valence electrons. The molecule has 0 saturated carbocycles. The highest BCUT2D eigenvalue weighted by molar-refractivity contribution is 7.11. The van der Waals surface area contributed by atoms with Gasteiger partial charge in [-0.15, -0.1) is 22.7 Å². The van der Waals surface area contributed by atoms with E-state index in [0.717, 1.165) is 12.0 Å². The first-order chi connectivity index (χ1) is 13.3. The van der Waals surface area contributed by atoms with Gasteiger partial charge in [-0.25, -0.2) is 0 Å². The first kappa shape index (κ1) is 15.6. The molecule has 2 atom stereocenters. The van der Waals surface area contributed by atoms with Crippen molar-refractivity contribution >= 4 is 22.7 Å². The minimum Gasteiger partial charge on any atom is -0.508 e. The number of phenols is 1. The summed E-state index contributed by atoms with van der Waals surface area (Å²) in [7, 11) is 0. The average Bonchev–Trinajstić information content (AvgIpc) is 3.43. The van der Waals surface area contributed by atoms with E-state index in [2.05, 4.69) is 70.1 Å². The number of hydrogen-bond acceptors (Lipinski definition) is 3. The normalized spacial score (nSPS) is 21.6. The third-order valence-electron chi connectivity index (χ3n) is 6.25. The van der Waals surface area contributed by atoms with Crippen molar-refractivity contribution in [3.63, 3.8) is 0 Å². The van der Waals surface area contributed by atoms with Gasteiger partial charge in [0, 0.05) is 39.4 Å². The lowest BCUT2D eigenvalue weighted by molar-refractivity contribution is -0.732. The molecule has 0 spiro atoms. The lowest BCUT2D eigenvalue weighted by atomic mass is 9.57. The molecule has 1 N–H and O–H groups in total. The smallest absolute Gasteiger partial charge is 0.190 e. The van der Waals surface area contributed by atoms with E-state index in [-0.39, 0.29) is 17.4 Å². The summed E-state index contributed by atoms with van der Waals surface area (Å²) >= 11 is 3.67. The Bertz CT molecular complexity index is 1100. The third kappa shape index (κ3) is 1.92. The molecule has 1 aliphatic carbocycles. The van der Waals surface area contributed by atoms with E-state index >= 15 is 0 Å². The molecule has 1 aromatic carbocycles. The highest BCUT2D eigenvalue weighted by atomic mass is 32.1. The van der Waals surface area contributed by atoms with E-state index in [1.165, 1.54) is 21.0 Å². The van der Waals surface area contributed by atoms with Gasteiger partial charge in [-0.1, -0.05) is 30.3 Å². The van der Waals surface area contributed by atoms with Gasteiger partial charge in [0.1, 0.15) is 5.75 Å². The second-order valence-electron chi connectivity index (χ2n) is 7.39. The summed E-state index contributed by atoms with van der Waals surface area (Å²) in [5.41, 5.74) is 3.55. The van der Waals surface area contributed by atoms with Crippen LogP contribution in [0.15, 0.2) is 77.6 Å². The molecular weight excluding hydrogens is 370 g/mol. The van der Waals surface area contributed by atoms with Crippen LogP contribution in [0.2, 0.25) is 0 Å². The monoisotopic (exact) mass is 388 g/mol. The quantitative estimate of drug-likeness (QED) is 0.467. The molecule has 2 aliphatic heterocycles. The van der Waals surface area contributed by atoms with E-state index < -0.39 is 0 Å². The minimum absolute atomic E-state index is 0.109. The van der Waals surface area contributed by atoms with Crippen LogP contribution in [-0.4, -0.2) is 5.11 Å². The third-order valence-corrected chi connectivity index (χ3v) is 8.34. The Morgan fingerprint density at radius 2 is 1.67 bits per heavy atom. The van der Waals surface area contributed by atoms with Gasteiger partial charge in [-0.05, 0) is 29.0 Å². The molecule has 2 bridgehead atoms. The highest BCUT2D eigenvalue weighted by Gasteiger charge is 2.61. The maximum Gasteiger partial charge on any atom is 0.190 e. The van der Waals surface area contributed by atoms with Gasteiger partial charge in [0.05, 0.1) is 11.3 Å². The molecule has 0 fully saturated rings. The van der Waals surface area contributed by atoms with Gasteiger partial charge in [0.25, 0.3) is 0 Å². The Morgan fingerprint density at radius 3 is 2.37 bits per heavy atom. The van der Waals surface area contributed by atoms with Crippen molar-refractivity contribution in [1.82, 2.24) is 0 Å². The van der Waals surface area contributed by atoms with Crippen LogP contribution in [0, 0.1) is 0 Å². The topological polar surface area (TPSA) is 24.1 Å². The molecule has 3 aromatic heterocycles. The average molecular weight is 389 g/mol. The first-order valence-electron chi connectivity index (χ1n) is 9.20. The number of aromatic hydroxyl groups is 1. The number of thiophene rings is 2. The summed E-state index contributed by atoms with van der Waals surface area (Å²) in [6.45, 7) is 0. The van der Waals surface area contributed by atoms with Gasteiger partial charge in [0.2, 0.25) is 0 Å². The Labute approximate surface area is 166 Å². The number of benzene rings is 1. The highest BCUT2D eigenvalue weighted by Crippen LogP contribution is 2.62. The molecule has 4 heteroatoms. The first-order valence-corrected chi connectivity index (χ1v) is 11.0. The molecule has 4 aromatic rings. The lowest BCUT2D eigenvalue weighted by Gasteiger charge is -2.48. The molecule has 3 aliphatic rings. The summed E-state index contributed by atoms with van der Waals surface area (Å²) < 4.78 is 2.42. The van der Waals surface area contributed by atoms with Crippen LogP contribution >= 0.6 is 22.7 Å². The van der Waals surface area contributed by atoms with Gasteiger partial charge >= 0.3 is 0 Å². The summed E-state index contributed by atoms with van der Waals surface area (Å²) in [6, 6.07) is 21.6. The summed E-state index contributed by atoms with van der Waals surface area (Å²) in [6.07, 6.45) is 3.23. The van der Waals surface area contributed by atoms with Gasteiger partial charge < -0.3 is 5.11 Å². The summed E-state index contributed by atoms with van der Waals surface area (Å²) in [4.78, 5) is 2.79.